The zero-order chi connectivity index (χ0) is 16.4. The molecule has 0 saturated carbocycles. The molecule has 0 aliphatic carbocycles. The number of aliphatic hydroxyl groups is 2. The molecule has 0 heterocycles. The lowest BCUT2D eigenvalue weighted by Crippen LogP contribution is -2.45. The molecule has 0 aliphatic rings. The molecule has 0 aliphatic heterocycles. The maximum Gasteiger partial charge on any atom is 0.119 e. The van der Waals surface area contributed by atoms with Crippen molar-refractivity contribution in [3.8, 4) is 0 Å². The van der Waals surface area contributed by atoms with Gasteiger partial charge in [-0.15, -0.1) is 23.5 Å². The van der Waals surface area contributed by atoms with E-state index in [1.54, 1.807) is 37.4 Å². The van der Waals surface area contributed by atoms with Crippen molar-refractivity contribution in [2.75, 3.05) is 12.5 Å². The summed E-state index contributed by atoms with van der Waals surface area (Å²) in [6.07, 6.45) is 4.02. The Bertz CT molecular complexity index is 559. The quantitative estimate of drug-likeness (QED) is 0.802. The Kier molecular flexibility index (Phi) is 5.28. The number of rotatable bonds is 5. The van der Waals surface area contributed by atoms with Gasteiger partial charge in [0, 0.05) is 9.79 Å². The fourth-order valence-corrected chi connectivity index (χ4v) is 3.21. The van der Waals surface area contributed by atoms with Crippen molar-refractivity contribution in [1.29, 1.82) is 0 Å². The maximum atomic E-state index is 11.0. The molecule has 2 rings (SSSR count). The summed E-state index contributed by atoms with van der Waals surface area (Å²) in [6.45, 7) is 3.31. The highest BCUT2D eigenvalue weighted by Gasteiger charge is 2.44. The van der Waals surface area contributed by atoms with Crippen molar-refractivity contribution in [1.82, 2.24) is 0 Å². The van der Waals surface area contributed by atoms with E-state index in [0.717, 1.165) is 9.79 Å². The van der Waals surface area contributed by atoms with Gasteiger partial charge in [0.1, 0.15) is 11.2 Å². The molecule has 22 heavy (non-hydrogen) atoms. The summed E-state index contributed by atoms with van der Waals surface area (Å²) < 4.78 is 0. The molecule has 0 aromatic heterocycles. The van der Waals surface area contributed by atoms with Gasteiger partial charge in [0.2, 0.25) is 0 Å². The minimum Gasteiger partial charge on any atom is -0.382 e. The highest BCUT2D eigenvalue weighted by molar-refractivity contribution is 7.98. The van der Waals surface area contributed by atoms with E-state index < -0.39 is 11.2 Å². The Morgan fingerprint density at radius 3 is 1.14 bits per heavy atom. The van der Waals surface area contributed by atoms with Crippen LogP contribution in [0.2, 0.25) is 0 Å². The Morgan fingerprint density at radius 1 is 0.636 bits per heavy atom. The van der Waals surface area contributed by atoms with Crippen molar-refractivity contribution in [3.63, 3.8) is 0 Å². The smallest absolute Gasteiger partial charge is 0.119 e. The molecule has 0 amide bonds. The highest BCUT2D eigenvalue weighted by atomic mass is 32.2. The first-order chi connectivity index (χ1) is 10.3. The molecule has 4 heteroatoms. The van der Waals surface area contributed by atoms with E-state index in [2.05, 4.69) is 0 Å². The molecule has 0 bridgehead atoms. The van der Waals surface area contributed by atoms with Crippen LogP contribution in [0.3, 0.4) is 0 Å². The Hall–Kier alpha value is -0.940. The van der Waals surface area contributed by atoms with E-state index in [0.29, 0.717) is 11.1 Å². The van der Waals surface area contributed by atoms with E-state index in [4.69, 9.17) is 0 Å². The lowest BCUT2D eigenvalue weighted by molar-refractivity contribution is -0.143. The van der Waals surface area contributed by atoms with Gasteiger partial charge in [-0.25, -0.2) is 0 Å². The molecule has 2 nitrogen and oxygen atoms in total. The zero-order valence-electron chi connectivity index (χ0n) is 13.3. The van der Waals surface area contributed by atoms with E-state index in [9.17, 15) is 10.2 Å². The van der Waals surface area contributed by atoms with Crippen LogP contribution in [0.5, 0.6) is 0 Å². The van der Waals surface area contributed by atoms with Crippen molar-refractivity contribution in [3.05, 3.63) is 59.7 Å². The largest absolute Gasteiger partial charge is 0.382 e. The van der Waals surface area contributed by atoms with Crippen LogP contribution >= 0.6 is 23.5 Å². The van der Waals surface area contributed by atoms with Gasteiger partial charge in [-0.05, 0) is 61.8 Å². The molecule has 2 atom stereocenters. The van der Waals surface area contributed by atoms with Crippen LogP contribution in [-0.2, 0) is 11.2 Å². The number of benzene rings is 2. The number of hydrogen-bond acceptors (Lipinski definition) is 4. The Labute approximate surface area is 141 Å². The lowest BCUT2D eigenvalue weighted by Gasteiger charge is -2.39. The fourth-order valence-electron chi connectivity index (χ4n) is 2.39. The third-order valence-corrected chi connectivity index (χ3v) is 5.74. The summed E-state index contributed by atoms with van der Waals surface area (Å²) in [4.78, 5) is 2.26. The van der Waals surface area contributed by atoms with Crippen LogP contribution in [0.1, 0.15) is 25.0 Å². The van der Waals surface area contributed by atoms with Crippen molar-refractivity contribution < 1.29 is 10.2 Å². The van der Waals surface area contributed by atoms with Crippen LogP contribution in [-0.4, -0.2) is 22.7 Å². The zero-order valence-corrected chi connectivity index (χ0v) is 15.0. The second-order valence-corrected chi connectivity index (χ2v) is 7.36. The van der Waals surface area contributed by atoms with Crippen molar-refractivity contribution >= 4 is 23.5 Å². The maximum absolute atomic E-state index is 11.0. The van der Waals surface area contributed by atoms with Crippen molar-refractivity contribution in [2.24, 2.45) is 0 Å². The van der Waals surface area contributed by atoms with Crippen LogP contribution in [0.15, 0.2) is 58.3 Å². The number of thioether (sulfide) groups is 2. The summed E-state index contributed by atoms with van der Waals surface area (Å²) in [5, 5.41) is 22.0. The molecule has 0 saturated heterocycles. The Balaban J connectivity index is 2.39. The molecule has 2 N–H and O–H groups in total. The van der Waals surface area contributed by atoms with Gasteiger partial charge in [0.25, 0.3) is 0 Å². The summed E-state index contributed by atoms with van der Waals surface area (Å²) in [6, 6.07) is 15.3. The topological polar surface area (TPSA) is 40.5 Å². The SMILES string of the molecule is CSc1ccc(C(C)(O)C(C)(O)c2ccc(SC)cc2)cc1. The average Bonchev–Trinajstić information content (AvgIpc) is 2.54. The predicted octanol–water partition coefficient (Wildman–Crippen LogP) is 4.25. The second kappa shape index (κ2) is 6.67. The van der Waals surface area contributed by atoms with Gasteiger partial charge in [-0.1, -0.05) is 24.3 Å². The first kappa shape index (κ1) is 17.4. The van der Waals surface area contributed by atoms with Gasteiger partial charge in [0.05, 0.1) is 0 Å². The Morgan fingerprint density at radius 2 is 0.909 bits per heavy atom. The monoisotopic (exact) mass is 334 g/mol. The molecular weight excluding hydrogens is 312 g/mol. The lowest BCUT2D eigenvalue weighted by atomic mass is 9.76. The third kappa shape index (κ3) is 3.20. The van der Waals surface area contributed by atoms with Gasteiger partial charge in [-0.2, -0.15) is 0 Å². The number of hydrogen-bond donors (Lipinski definition) is 2. The molecule has 2 aromatic carbocycles. The van der Waals surface area contributed by atoms with Crippen LogP contribution in [0, 0.1) is 0 Å². The predicted molar refractivity (Wildman–Crippen MR) is 95.6 cm³/mol. The first-order valence-corrected chi connectivity index (χ1v) is 9.51. The van der Waals surface area contributed by atoms with E-state index in [-0.39, 0.29) is 0 Å². The first-order valence-electron chi connectivity index (χ1n) is 7.06. The molecule has 0 radical (unpaired) electrons. The van der Waals surface area contributed by atoms with E-state index >= 15 is 0 Å². The standard InChI is InChI=1S/C18H22O2S2/c1-17(19,13-5-9-15(21-3)10-6-13)18(2,20)14-7-11-16(22-4)12-8-14/h5-12,19-20H,1-4H3. The van der Waals surface area contributed by atoms with Crippen LogP contribution < -0.4 is 0 Å². The minimum absolute atomic E-state index is 0.698. The van der Waals surface area contributed by atoms with Gasteiger partial charge in [0.15, 0.2) is 0 Å². The summed E-state index contributed by atoms with van der Waals surface area (Å²) in [5.74, 6) is 0. The fraction of sp³-hybridized carbons (Fsp3) is 0.333. The summed E-state index contributed by atoms with van der Waals surface area (Å²) in [5.41, 5.74) is -1.37. The van der Waals surface area contributed by atoms with Crippen molar-refractivity contribution in [2.45, 2.75) is 34.8 Å². The molecule has 0 spiro atoms. The second-order valence-electron chi connectivity index (χ2n) is 5.60. The van der Waals surface area contributed by atoms with Gasteiger partial charge in [-0.3, -0.25) is 0 Å². The molecule has 2 unspecified atom stereocenters. The van der Waals surface area contributed by atoms with Crippen LogP contribution in [0.4, 0.5) is 0 Å². The van der Waals surface area contributed by atoms with Gasteiger partial charge >= 0.3 is 0 Å². The molecule has 0 fully saturated rings. The third-order valence-electron chi connectivity index (χ3n) is 4.25. The van der Waals surface area contributed by atoms with E-state index in [1.165, 1.54) is 0 Å². The van der Waals surface area contributed by atoms with Crippen LogP contribution in [0.25, 0.3) is 0 Å². The summed E-state index contributed by atoms with van der Waals surface area (Å²) >= 11 is 3.30. The normalized spacial score (nSPS) is 16.8. The summed E-state index contributed by atoms with van der Waals surface area (Å²) in [7, 11) is 0. The van der Waals surface area contributed by atoms with E-state index in [1.807, 2.05) is 61.0 Å². The highest BCUT2D eigenvalue weighted by Crippen LogP contribution is 2.40. The van der Waals surface area contributed by atoms with Gasteiger partial charge < -0.3 is 10.2 Å². The molecular formula is C18H22O2S2. The average molecular weight is 335 g/mol. The molecule has 2 aromatic rings. The minimum atomic E-state index is -1.38. The molecule has 118 valence electrons.